The number of nitrogens with one attached hydrogen (secondary N) is 1. The van der Waals surface area contributed by atoms with Gasteiger partial charge in [-0.15, -0.1) is 0 Å². The van der Waals surface area contributed by atoms with Crippen LogP contribution < -0.4 is 11.1 Å². The Morgan fingerprint density at radius 3 is 2.90 bits per heavy atom. The summed E-state index contributed by atoms with van der Waals surface area (Å²) in [6.07, 6.45) is -0.518. The van der Waals surface area contributed by atoms with E-state index in [-0.39, 0.29) is 22.8 Å². The number of rotatable bonds is 3. The number of fused-ring (bicyclic) bond motifs is 1. The Morgan fingerprint density at radius 2 is 2.17 bits per heavy atom. The van der Waals surface area contributed by atoms with Crippen molar-refractivity contribution >= 4 is 22.9 Å². The van der Waals surface area contributed by atoms with E-state index in [0.29, 0.717) is 12.1 Å². The molecule has 3 aromatic heterocycles. The zero-order valence-corrected chi connectivity index (χ0v) is 15.9. The van der Waals surface area contributed by atoms with E-state index in [0.717, 1.165) is 0 Å². The number of ether oxygens (including phenoxy) is 1. The van der Waals surface area contributed by atoms with Crippen LogP contribution in [0.25, 0.3) is 11.2 Å². The van der Waals surface area contributed by atoms with Crippen molar-refractivity contribution < 1.29 is 19.7 Å². The minimum absolute atomic E-state index is 0.0996. The predicted octanol–water partition coefficient (Wildman–Crippen LogP) is -1.04. The fourth-order valence-corrected chi connectivity index (χ4v) is 3.13. The molecule has 4 atom stereocenters. The van der Waals surface area contributed by atoms with Crippen molar-refractivity contribution in [1.82, 2.24) is 29.8 Å². The maximum absolute atomic E-state index is 12.1. The molecule has 11 nitrogen and oxygen atoms in total. The van der Waals surface area contributed by atoms with Crippen LogP contribution in [0.15, 0.2) is 30.9 Å². The molecule has 11 heteroatoms. The van der Waals surface area contributed by atoms with Crippen molar-refractivity contribution in [3.8, 4) is 11.8 Å². The van der Waals surface area contributed by atoms with Gasteiger partial charge in [-0.05, 0) is 25.0 Å². The number of anilines is 1. The van der Waals surface area contributed by atoms with Gasteiger partial charge >= 0.3 is 0 Å². The van der Waals surface area contributed by atoms with Crippen molar-refractivity contribution in [3.05, 3.63) is 42.2 Å². The average Bonchev–Trinajstić information content (AvgIpc) is 3.29. The summed E-state index contributed by atoms with van der Waals surface area (Å²) in [5.74, 6) is 5.42. The molecule has 1 aliphatic heterocycles. The monoisotopic (exact) mass is 409 g/mol. The van der Waals surface area contributed by atoms with Crippen molar-refractivity contribution in [3.63, 3.8) is 0 Å². The first-order valence-corrected chi connectivity index (χ1v) is 9.21. The van der Waals surface area contributed by atoms with Gasteiger partial charge in [-0.2, -0.15) is 0 Å². The van der Waals surface area contributed by atoms with Gasteiger partial charge in [-0.3, -0.25) is 14.3 Å². The molecular formula is C19H19N7O4. The molecular weight excluding hydrogens is 390 g/mol. The maximum atomic E-state index is 12.1. The highest BCUT2D eigenvalue weighted by atomic mass is 16.6. The first-order valence-electron chi connectivity index (χ1n) is 9.21. The molecule has 0 saturated carbocycles. The molecule has 1 unspecified atom stereocenters. The molecule has 30 heavy (non-hydrogen) atoms. The molecule has 4 heterocycles. The van der Waals surface area contributed by atoms with E-state index < -0.39 is 30.4 Å². The zero-order valence-electron chi connectivity index (χ0n) is 15.9. The van der Waals surface area contributed by atoms with E-state index in [2.05, 4.69) is 37.1 Å². The molecule has 0 radical (unpaired) electrons. The molecule has 0 bridgehead atoms. The van der Waals surface area contributed by atoms with Crippen molar-refractivity contribution in [2.45, 2.75) is 31.5 Å². The van der Waals surface area contributed by atoms with Gasteiger partial charge in [0.1, 0.15) is 17.7 Å². The standard InChI is InChI=1S/C19H19N7O4/c1-2-22-18(29)15-13(27)14(28)19(30-15)26-9-23-12-16(20)24-11(25-17(12)26)6-5-10-4-3-7-21-8-10/h3-4,7-9,13-15,19,27-28H,2H2,1H3,(H,22,29)(H2,20,24,25)/t13-,14+,15-,19?/m0/s1. The number of likely N-dealkylation sites (N-methyl/N-ethyl adjacent to an activating group) is 1. The summed E-state index contributed by atoms with van der Waals surface area (Å²) in [5, 5.41) is 23.3. The molecule has 1 amide bonds. The number of nitrogens with two attached hydrogens (primary N) is 1. The van der Waals surface area contributed by atoms with E-state index in [1.165, 1.54) is 10.9 Å². The normalized spacial score (nSPS) is 23.2. The Hall–Kier alpha value is -3.59. The van der Waals surface area contributed by atoms with E-state index in [1.807, 2.05) is 0 Å². The first kappa shape index (κ1) is 19.7. The highest BCUT2D eigenvalue weighted by Gasteiger charge is 2.47. The van der Waals surface area contributed by atoms with Crippen LogP contribution in [0.5, 0.6) is 0 Å². The van der Waals surface area contributed by atoms with Crippen molar-refractivity contribution in [2.24, 2.45) is 0 Å². The third-order valence-corrected chi connectivity index (χ3v) is 4.55. The zero-order chi connectivity index (χ0) is 21.3. The lowest BCUT2D eigenvalue weighted by atomic mass is 10.1. The summed E-state index contributed by atoms with van der Waals surface area (Å²) in [6, 6.07) is 3.55. The maximum Gasteiger partial charge on any atom is 0.252 e. The lowest BCUT2D eigenvalue weighted by Gasteiger charge is -2.16. The Balaban J connectivity index is 1.70. The third kappa shape index (κ3) is 3.55. The molecule has 1 fully saturated rings. The fraction of sp³-hybridized carbons (Fsp3) is 0.316. The quantitative estimate of drug-likeness (QED) is 0.396. The molecule has 0 aliphatic carbocycles. The topological polar surface area (TPSA) is 161 Å². The molecule has 0 aromatic carbocycles. The van der Waals surface area contributed by atoms with Gasteiger partial charge < -0.3 is 26.0 Å². The third-order valence-electron chi connectivity index (χ3n) is 4.55. The van der Waals surface area contributed by atoms with Crippen molar-refractivity contribution in [1.29, 1.82) is 0 Å². The number of amides is 1. The van der Waals surface area contributed by atoms with E-state index in [4.69, 9.17) is 10.5 Å². The smallest absolute Gasteiger partial charge is 0.252 e. The van der Waals surface area contributed by atoms with Gasteiger partial charge in [-0.25, -0.2) is 15.0 Å². The molecule has 4 rings (SSSR count). The van der Waals surface area contributed by atoms with Crippen molar-refractivity contribution in [2.75, 3.05) is 12.3 Å². The number of aromatic nitrogens is 5. The highest BCUT2D eigenvalue weighted by Crippen LogP contribution is 2.32. The van der Waals surface area contributed by atoms with Gasteiger partial charge in [0.15, 0.2) is 23.8 Å². The molecule has 1 aliphatic rings. The van der Waals surface area contributed by atoms with Crippen LogP contribution in [-0.4, -0.2) is 65.5 Å². The number of aliphatic hydroxyl groups is 2. The summed E-state index contributed by atoms with van der Waals surface area (Å²) >= 11 is 0. The molecule has 1 saturated heterocycles. The van der Waals surface area contributed by atoms with E-state index >= 15 is 0 Å². The van der Waals surface area contributed by atoms with E-state index in [1.54, 1.807) is 31.5 Å². The first-order chi connectivity index (χ1) is 14.5. The SMILES string of the molecule is CCNC(=O)[C@H]1OC(n2cnc3c(N)nc(C#Cc4cccnc4)nc32)[C@H](O)[C@@H]1O. The van der Waals surface area contributed by atoms with Crippen LogP contribution in [0, 0.1) is 11.8 Å². The largest absolute Gasteiger partial charge is 0.387 e. The number of pyridine rings is 1. The Kier molecular flexibility index (Phi) is 5.28. The summed E-state index contributed by atoms with van der Waals surface area (Å²) in [7, 11) is 0. The lowest BCUT2D eigenvalue weighted by molar-refractivity contribution is -0.137. The molecule has 154 valence electrons. The summed E-state index contributed by atoms with van der Waals surface area (Å²) in [5.41, 5.74) is 7.21. The van der Waals surface area contributed by atoms with Crippen LogP contribution >= 0.6 is 0 Å². The highest BCUT2D eigenvalue weighted by molar-refractivity contribution is 5.83. The van der Waals surface area contributed by atoms with E-state index in [9.17, 15) is 15.0 Å². The van der Waals surface area contributed by atoms with Gasteiger partial charge in [0.2, 0.25) is 5.82 Å². The Labute approximate surface area is 170 Å². The van der Waals surface area contributed by atoms with Gasteiger partial charge in [0.25, 0.3) is 5.91 Å². The Morgan fingerprint density at radius 1 is 1.33 bits per heavy atom. The number of carbonyl (C=O) groups excluding carboxylic acids is 1. The summed E-state index contributed by atoms with van der Waals surface area (Å²) in [4.78, 5) is 28.8. The molecule has 5 N–H and O–H groups in total. The van der Waals surface area contributed by atoms with Crippen LogP contribution in [0.4, 0.5) is 5.82 Å². The second-order valence-electron chi connectivity index (χ2n) is 6.57. The number of hydrogen-bond donors (Lipinski definition) is 4. The van der Waals surface area contributed by atoms with Gasteiger partial charge in [-0.1, -0.05) is 5.92 Å². The second-order valence-corrected chi connectivity index (χ2v) is 6.57. The predicted molar refractivity (Wildman–Crippen MR) is 105 cm³/mol. The number of nitrogen functional groups attached to an aromatic ring is 1. The average molecular weight is 409 g/mol. The minimum atomic E-state index is -1.41. The lowest BCUT2D eigenvalue weighted by Crippen LogP contribution is -2.42. The van der Waals surface area contributed by atoms with Crippen LogP contribution in [0.1, 0.15) is 24.5 Å². The molecule has 3 aromatic rings. The number of nitrogens with zero attached hydrogens (tertiary/aromatic N) is 5. The van der Waals surface area contributed by atoms with Gasteiger partial charge in [0, 0.05) is 24.5 Å². The molecule has 0 spiro atoms. The number of imidazole rings is 1. The number of aliphatic hydroxyl groups excluding tert-OH is 2. The second kappa shape index (κ2) is 8.03. The summed E-state index contributed by atoms with van der Waals surface area (Å²) < 4.78 is 7.03. The minimum Gasteiger partial charge on any atom is -0.387 e. The van der Waals surface area contributed by atoms with Gasteiger partial charge in [0.05, 0.1) is 6.33 Å². The van der Waals surface area contributed by atoms with Crippen LogP contribution in [0.3, 0.4) is 0 Å². The number of carbonyl (C=O) groups is 1. The van der Waals surface area contributed by atoms with Crippen LogP contribution in [-0.2, 0) is 9.53 Å². The summed E-state index contributed by atoms with van der Waals surface area (Å²) in [6.45, 7) is 2.10. The van der Waals surface area contributed by atoms with Crippen LogP contribution in [0.2, 0.25) is 0 Å². The fourth-order valence-electron chi connectivity index (χ4n) is 3.13. The Bertz CT molecular complexity index is 1140. The number of hydrogen-bond acceptors (Lipinski definition) is 9.